The summed E-state index contributed by atoms with van der Waals surface area (Å²) in [5.74, 6) is 0. The number of carbonyl (C=O) groups excluding carboxylic acids is 1. The Morgan fingerprint density at radius 2 is 2.10 bits per heavy atom. The topological polar surface area (TPSA) is 44.8 Å². The van der Waals surface area contributed by atoms with E-state index in [1.54, 1.807) is 0 Å². The summed E-state index contributed by atoms with van der Waals surface area (Å²) in [5.41, 5.74) is -0.413. The van der Waals surface area contributed by atoms with Crippen LogP contribution in [0.2, 0.25) is 0 Å². The van der Waals surface area contributed by atoms with E-state index < -0.39 is 5.60 Å². The number of likely N-dealkylation sites (tertiary alicyclic amines) is 1. The lowest BCUT2D eigenvalue weighted by atomic mass is 10.2. The molecule has 5 heteroatoms. The van der Waals surface area contributed by atoms with Gasteiger partial charge in [-0.3, -0.25) is 0 Å². The third kappa shape index (κ3) is 6.57. The number of hydrogen-bond donors (Lipinski definition) is 1. The lowest BCUT2D eigenvalue weighted by Gasteiger charge is -2.28. The normalized spacial score (nSPS) is 19.7. The van der Waals surface area contributed by atoms with E-state index in [0.29, 0.717) is 0 Å². The van der Waals surface area contributed by atoms with Gasteiger partial charge in [0.15, 0.2) is 0 Å². The molecule has 5 nitrogen and oxygen atoms in total. The zero-order valence-electron chi connectivity index (χ0n) is 13.7. The van der Waals surface area contributed by atoms with Crippen LogP contribution in [0, 0.1) is 0 Å². The molecular formula is C15H31N3O2. The Bertz CT molecular complexity index is 300. The number of amides is 1. The predicted octanol–water partition coefficient (Wildman–Crippen LogP) is 1.93. The molecule has 0 radical (unpaired) electrons. The molecule has 0 aromatic heterocycles. The highest BCUT2D eigenvalue weighted by Crippen LogP contribution is 2.20. The molecule has 1 aliphatic heterocycles. The molecule has 1 N–H and O–H groups in total. The number of hydrogen-bond acceptors (Lipinski definition) is 4. The van der Waals surface area contributed by atoms with E-state index in [-0.39, 0.29) is 12.1 Å². The first kappa shape index (κ1) is 17.2. The molecule has 1 amide bonds. The summed E-state index contributed by atoms with van der Waals surface area (Å²) in [7, 11) is 4.17. The average Bonchev–Trinajstić information content (AvgIpc) is 2.74. The van der Waals surface area contributed by atoms with Gasteiger partial charge in [0.2, 0.25) is 0 Å². The van der Waals surface area contributed by atoms with E-state index in [4.69, 9.17) is 4.74 Å². The molecule has 1 fully saturated rings. The van der Waals surface area contributed by atoms with E-state index >= 15 is 0 Å². The predicted molar refractivity (Wildman–Crippen MR) is 82.0 cm³/mol. The van der Waals surface area contributed by atoms with E-state index in [2.05, 4.69) is 24.3 Å². The molecular weight excluding hydrogens is 254 g/mol. The maximum Gasteiger partial charge on any atom is 0.410 e. The molecule has 118 valence electrons. The summed E-state index contributed by atoms with van der Waals surface area (Å²) in [6, 6.07) is 0.282. The van der Waals surface area contributed by atoms with Crippen LogP contribution in [0.5, 0.6) is 0 Å². The third-order valence-electron chi connectivity index (χ3n) is 3.34. The Kier molecular flexibility index (Phi) is 6.76. The summed E-state index contributed by atoms with van der Waals surface area (Å²) in [6.07, 6.45) is 3.10. The maximum absolute atomic E-state index is 12.1. The lowest BCUT2D eigenvalue weighted by molar-refractivity contribution is 0.0226. The van der Waals surface area contributed by atoms with Crippen molar-refractivity contribution in [2.45, 2.75) is 51.7 Å². The average molecular weight is 285 g/mol. The molecule has 0 aromatic rings. The quantitative estimate of drug-likeness (QED) is 0.757. The molecule has 1 atom stereocenters. The fourth-order valence-electron chi connectivity index (χ4n) is 2.40. The van der Waals surface area contributed by atoms with Gasteiger partial charge < -0.3 is 19.9 Å². The SMILES string of the molecule is CN(C)CCCNCC1CCCN1C(=O)OC(C)(C)C. The first-order valence-electron chi connectivity index (χ1n) is 7.64. The van der Waals surface area contributed by atoms with E-state index in [0.717, 1.165) is 45.4 Å². The minimum atomic E-state index is -0.413. The summed E-state index contributed by atoms with van der Waals surface area (Å²) in [5, 5.41) is 3.45. The van der Waals surface area contributed by atoms with Crippen molar-refractivity contribution < 1.29 is 9.53 Å². The maximum atomic E-state index is 12.1. The standard InChI is InChI=1S/C15H31N3O2/c1-15(2,3)20-14(19)18-11-6-8-13(18)12-16-9-7-10-17(4)5/h13,16H,6-12H2,1-5H3. The van der Waals surface area contributed by atoms with Gasteiger partial charge in [-0.15, -0.1) is 0 Å². The fourth-order valence-corrected chi connectivity index (χ4v) is 2.40. The van der Waals surface area contributed by atoms with Crippen molar-refractivity contribution in [1.82, 2.24) is 15.1 Å². The first-order chi connectivity index (χ1) is 9.29. The zero-order chi connectivity index (χ0) is 15.2. The number of nitrogens with one attached hydrogen (secondary N) is 1. The largest absolute Gasteiger partial charge is 0.444 e. The minimum absolute atomic E-state index is 0.171. The van der Waals surface area contributed by atoms with Crippen LogP contribution in [0.15, 0.2) is 0 Å². The fraction of sp³-hybridized carbons (Fsp3) is 0.933. The van der Waals surface area contributed by atoms with Gasteiger partial charge in [0.25, 0.3) is 0 Å². The second-order valence-electron chi connectivity index (χ2n) is 6.83. The van der Waals surface area contributed by atoms with Crippen LogP contribution in [0.25, 0.3) is 0 Å². The van der Waals surface area contributed by atoms with Crippen molar-refractivity contribution in [3.05, 3.63) is 0 Å². The van der Waals surface area contributed by atoms with Crippen LogP contribution < -0.4 is 5.32 Å². The molecule has 1 heterocycles. The van der Waals surface area contributed by atoms with Crippen LogP contribution in [0.3, 0.4) is 0 Å². The van der Waals surface area contributed by atoms with Crippen LogP contribution in [-0.4, -0.2) is 67.8 Å². The molecule has 0 bridgehead atoms. The van der Waals surface area contributed by atoms with Crippen LogP contribution in [0.4, 0.5) is 4.79 Å². The smallest absolute Gasteiger partial charge is 0.410 e. The Balaban J connectivity index is 2.28. The molecule has 1 unspecified atom stereocenters. The van der Waals surface area contributed by atoms with Crippen molar-refractivity contribution in [3.8, 4) is 0 Å². The molecule has 0 aromatic carbocycles. The summed E-state index contributed by atoms with van der Waals surface area (Å²) in [4.78, 5) is 16.2. The van der Waals surface area contributed by atoms with Crippen molar-refractivity contribution in [2.75, 3.05) is 40.3 Å². The van der Waals surface area contributed by atoms with Crippen molar-refractivity contribution in [1.29, 1.82) is 0 Å². The second-order valence-corrected chi connectivity index (χ2v) is 6.83. The van der Waals surface area contributed by atoms with Gasteiger partial charge in [-0.1, -0.05) is 0 Å². The van der Waals surface area contributed by atoms with Gasteiger partial charge >= 0.3 is 6.09 Å². The summed E-state index contributed by atoms with van der Waals surface area (Å²) in [6.45, 7) is 9.51. The van der Waals surface area contributed by atoms with Crippen molar-refractivity contribution >= 4 is 6.09 Å². The molecule has 20 heavy (non-hydrogen) atoms. The van der Waals surface area contributed by atoms with Crippen LogP contribution >= 0.6 is 0 Å². The Labute approximate surface area is 123 Å². The Hall–Kier alpha value is -0.810. The van der Waals surface area contributed by atoms with E-state index in [1.807, 2.05) is 25.7 Å². The molecule has 1 rings (SSSR count). The van der Waals surface area contributed by atoms with Gasteiger partial charge in [-0.2, -0.15) is 0 Å². The second kappa shape index (κ2) is 7.84. The molecule has 0 spiro atoms. The highest BCUT2D eigenvalue weighted by atomic mass is 16.6. The van der Waals surface area contributed by atoms with Crippen molar-refractivity contribution in [3.63, 3.8) is 0 Å². The Morgan fingerprint density at radius 3 is 2.70 bits per heavy atom. The monoisotopic (exact) mass is 285 g/mol. The van der Waals surface area contributed by atoms with Gasteiger partial charge in [0.1, 0.15) is 5.60 Å². The first-order valence-corrected chi connectivity index (χ1v) is 7.64. The highest BCUT2D eigenvalue weighted by Gasteiger charge is 2.31. The number of nitrogens with zero attached hydrogens (tertiary/aromatic N) is 2. The van der Waals surface area contributed by atoms with Gasteiger partial charge in [0.05, 0.1) is 0 Å². The van der Waals surface area contributed by atoms with Gasteiger partial charge in [0, 0.05) is 19.1 Å². The lowest BCUT2D eigenvalue weighted by Crippen LogP contribution is -2.44. The van der Waals surface area contributed by atoms with Gasteiger partial charge in [-0.25, -0.2) is 4.79 Å². The van der Waals surface area contributed by atoms with Crippen LogP contribution in [0.1, 0.15) is 40.0 Å². The van der Waals surface area contributed by atoms with E-state index in [9.17, 15) is 4.79 Å². The zero-order valence-corrected chi connectivity index (χ0v) is 13.7. The van der Waals surface area contributed by atoms with Crippen LogP contribution in [-0.2, 0) is 4.74 Å². The molecule has 0 aliphatic carbocycles. The molecule has 0 saturated carbocycles. The number of rotatable bonds is 6. The third-order valence-corrected chi connectivity index (χ3v) is 3.34. The minimum Gasteiger partial charge on any atom is -0.444 e. The van der Waals surface area contributed by atoms with Crippen molar-refractivity contribution in [2.24, 2.45) is 0 Å². The summed E-state index contributed by atoms with van der Waals surface area (Å²) >= 11 is 0. The molecule has 1 aliphatic rings. The molecule has 1 saturated heterocycles. The highest BCUT2D eigenvalue weighted by molar-refractivity contribution is 5.69. The van der Waals surface area contributed by atoms with Gasteiger partial charge in [-0.05, 0) is 67.2 Å². The summed E-state index contributed by atoms with van der Waals surface area (Å²) < 4.78 is 5.46. The number of ether oxygens (including phenoxy) is 1. The Morgan fingerprint density at radius 1 is 1.40 bits per heavy atom. The number of carbonyl (C=O) groups is 1. The van der Waals surface area contributed by atoms with E-state index in [1.165, 1.54) is 0 Å².